The van der Waals surface area contributed by atoms with Crippen molar-refractivity contribution in [1.29, 1.82) is 0 Å². The fourth-order valence-corrected chi connectivity index (χ4v) is 1.05. The lowest BCUT2D eigenvalue weighted by atomic mass is 10.2. The van der Waals surface area contributed by atoms with Gasteiger partial charge in [-0.05, 0) is 30.4 Å². The van der Waals surface area contributed by atoms with Gasteiger partial charge in [0.15, 0.2) is 0 Å². The highest BCUT2D eigenvalue weighted by Crippen LogP contribution is 2.39. The molecular weight excluding hydrogens is 153 g/mol. The first-order valence-electron chi connectivity index (χ1n) is 4.48. The van der Waals surface area contributed by atoms with Crippen LogP contribution < -0.4 is 0 Å². The van der Waals surface area contributed by atoms with E-state index in [2.05, 4.69) is 4.98 Å². The third kappa shape index (κ3) is 2.29. The zero-order chi connectivity index (χ0) is 8.97. The van der Waals surface area contributed by atoms with Gasteiger partial charge in [-0.2, -0.15) is 4.39 Å². The Labute approximate surface area is 72.6 Å². The Morgan fingerprint density at radius 3 is 2.42 bits per heavy atom. The van der Waals surface area contributed by atoms with Gasteiger partial charge in [0.25, 0.3) is 0 Å². The number of hydrogen-bond acceptors (Lipinski definition) is 1. The van der Waals surface area contributed by atoms with E-state index >= 15 is 0 Å². The van der Waals surface area contributed by atoms with E-state index in [0.29, 0.717) is 5.92 Å². The maximum Gasteiger partial charge on any atom is 0.212 e. The lowest BCUT2D eigenvalue weighted by Crippen LogP contribution is -1.84. The summed E-state index contributed by atoms with van der Waals surface area (Å²) in [5.74, 6) is 0.289. The Kier molecular flexibility index (Phi) is 3.20. The molecule has 1 nitrogen and oxygen atoms in total. The zero-order valence-corrected chi connectivity index (χ0v) is 7.55. The highest BCUT2D eigenvalue weighted by atomic mass is 19.1. The van der Waals surface area contributed by atoms with Crippen LogP contribution in [0.2, 0.25) is 0 Å². The van der Waals surface area contributed by atoms with Crippen LogP contribution in [0.25, 0.3) is 0 Å². The second-order valence-corrected chi connectivity index (χ2v) is 2.69. The van der Waals surface area contributed by atoms with Crippen LogP contribution in [0.4, 0.5) is 4.39 Å². The average molecular weight is 167 g/mol. The number of rotatable bonds is 1. The fourth-order valence-electron chi connectivity index (χ4n) is 1.05. The van der Waals surface area contributed by atoms with Gasteiger partial charge >= 0.3 is 0 Å². The Hall–Kier alpha value is -0.920. The molecule has 0 amide bonds. The molecule has 0 atom stereocenters. The summed E-state index contributed by atoms with van der Waals surface area (Å²) in [6, 6.07) is 3.24. The molecule has 66 valence electrons. The molecule has 1 aliphatic carbocycles. The molecule has 1 aliphatic rings. The minimum absolute atomic E-state index is 0.385. The van der Waals surface area contributed by atoms with Crippen LogP contribution in [0.15, 0.2) is 18.3 Å². The molecular formula is C10H14FN. The van der Waals surface area contributed by atoms with Gasteiger partial charge in [0.1, 0.15) is 0 Å². The summed E-state index contributed by atoms with van der Waals surface area (Å²) in [6.07, 6.45) is 4.12. The highest BCUT2D eigenvalue weighted by molar-refractivity contribution is 5.19. The quantitative estimate of drug-likeness (QED) is 0.585. The van der Waals surface area contributed by atoms with Crippen molar-refractivity contribution in [1.82, 2.24) is 4.98 Å². The number of aromatic nitrogens is 1. The van der Waals surface area contributed by atoms with E-state index in [1.165, 1.54) is 24.5 Å². The summed E-state index contributed by atoms with van der Waals surface area (Å²) in [5, 5.41) is 0. The van der Waals surface area contributed by atoms with Crippen molar-refractivity contribution in [3.8, 4) is 0 Å². The molecule has 0 saturated heterocycles. The average Bonchev–Trinajstić information content (AvgIpc) is 2.93. The Morgan fingerprint density at radius 2 is 2.00 bits per heavy atom. The lowest BCUT2D eigenvalue weighted by molar-refractivity contribution is 0.582. The minimum Gasteiger partial charge on any atom is -0.228 e. The number of hydrogen-bond donors (Lipinski definition) is 0. The molecule has 1 saturated carbocycles. The van der Waals surface area contributed by atoms with Crippen LogP contribution in [-0.2, 0) is 0 Å². The molecule has 1 fully saturated rings. The van der Waals surface area contributed by atoms with E-state index in [9.17, 15) is 4.39 Å². The van der Waals surface area contributed by atoms with Gasteiger partial charge < -0.3 is 0 Å². The Bertz CT molecular complexity index is 226. The van der Waals surface area contributed by atoms with Crippen molar-refractivity contribution in [3.63, 3.8) is 0 Å². The lowest BCUT2D eigenvalue weighted by Gasteiger charge is -1.93. The first kappa shape index (κ1) is 9.17. The van der Waals surface area contributed by atoms with Gasteiger partial charge in [0.05, 0.1) is 0 Å². The van der Waals surface area contributed by atoms with Crippen LogP contribution in [-0.4, -0.2) is 4.98 Å². The normalized spacial score (nSPS) is 14.9. The van der Waals surface area contributed by atoms with E-state index in [1.807, 2.05) is 19.9 Å². The fraction of sp³-hybridized carbons (Fsp3) is 0.500. The van der Waals surface area contributed by atoms with Gasteiger partial charge in [-0.3, -0.25) is 0 Å². The minimum atomic E-state index is -0.385. The second-order valence-electron chi connectivity index (χ2n) is 2.69. The van der Waals surface area contributed by atoms with E-state index in [0.717, 1.165) is 0 Å². The van der Waals surface area contributed by atoms with Crippen molar-refractivity contribution in [2.24, 2.45) is 0 Å². The van der Waals surface area contributed by atoms with E-state index in [4.69, 9.17) is 0 Å². The number of halogens is 1. The van der Waals surface area contributed by atoms with E-state index < -0.39 is 0 Å². The van der Waals surface area contributed by atoms with Crippen LogP contribution in [0, 0.1) is 5.95 Å². The summed E-state index contributed by atoms with van der Waals surface area (Å²) in [5.41, 5.74) is 1.18. The van der Waals surface area contributed by atoms with Crippen molar-refractivity contribution < 1.29 is 4.39 Å². The van der Waals surface area contributed by atoms with Crippen molar-refractivity contribution >= 4 is 0 Å². The van der Waals surface area contributed by atoms with Gasteiger partial charge in [0.2, 0.25) is 5.95 Å². The molecule has 1 heterocycles. The SMILES string of the molecule is CC.Fc1ccc(C2CC2)cn1. The van der Waals surface area contributed by atoms with Gasteiger partial charge in [-0.15, -0.1) is 0 Å². The Balaban J connectivity index is 0.000000336. The predicted octanol–water partition coefficient (Wildman–Crippen LogP) is 3.12. The smallest absolute Gasteiger partial charge is 0.212 e. The summed E-state index contributed by atoms with van der Waals surface area (Å²) in [4.78, 5) is 3.57. The molecule has 0 spiro atoms. The van der Waals surface area contributed by atoms with Gasteiger partial charge in [0, 0.05) is 6.20 Å². The van der Waals surface area contributed by atoms with Gasteiger partial charge in [-0.25, -0.2) is 4.98 Å². The van der Waals surface area contributed by atoms with Crippen LogP contribution in [0.5, 0.6) is 0 Å². The molecule has 0 aromatic carbocycles. The van der Waals surface area contributed by atoms with Crippen molar-refractivity contribution in [3.05, 3.63) is 29.8 Å². The number of pyridine rings is 1. The molecule has 0 N–H and O–H groups in total. The van der Waals surface area contributed by atoms with E-state index in [-0.39, 0.29) is 5.95 Å². The Morgan fingerprint density at radius 1 is 1.33 bits per heavy atom. The van der Waals surface area contributed by atoms with E-state index in [1.54, 1.807) is 6.20 Å². The maximum absolute atomic E-state index is 12.3. The molecule has 2 heteroatoms. The molecule has 2 rings (SSSR count). The van der Waals surface area contributed by atoms with Crippen LogP contribution in [0.3, 0.4) is 0 Å². The molecule has 0 radical (unpaired) electrons. The standard InChI is InChI=1S/C8H8FN.C2H6/c9-8-4-3-7(5-10-8)6-1-2-6;1-2/h3-6H,1-2H2;1-2H3. The summed E-state index contributed by atoms with van der Waals surface area (Å²) in [6.45, 7) is 4.00. The largest absolute Gasteiger partial charge is 0.228 e. The molecule has 0 aliphatic heterocycles. The monoisotopic (exact) mass is 167 g/mol. The topological polar surface area (TPSA) is 12.9 Å². The van der Waals surface area contributed by atoms with Crippen LogP contribution >= 0.6 is 0 Å². The molecule has 0 unspecified atom stereocenters. The van der Waals surface area contributed by atoms with Crippen molar-refractivity contribution in [2.75, 3.05) is 0 Å². The predicted molar refractivity (Wildman–Crippen MR) is 47.5 cm³/mol. The molecule has 1 aromatic heterocycles. The zero-order valence-electron chi connectivity index (χ0n) is 7.55. The summed E-state index contributed by atoms with van der Waals surface area (Å²) in [7, 11) is 0. The third-order valence-electron chi connectivity index (χ3n) is 1.80. The maximum atomic E-state index is 12.3. The van der Waals surface area contributed by atoms with Crippen molar-refractivity contribution in [2.45, 2.75) is 32.6 Å². The number of nitrogens with zero attached hydrogens (tertiary/aromatic N) is 1. The summed E-state index contributed by atoms with van der Waals surface area (Å²) < 4.78 is 12.3. The molecule has 0 bridgehead atoms. The molecule has 1 aromatic rings. The summed E-state index contributed by atoms with van der Waals surface area (Å²) >= 11 is 0. The first-order chi connectivity index (χ1) is 5.86. The molecule has 12 heavy (non-hydrogen) atoms. The first-order valence-corrected chi connectivity index (χ1v) is 4.48. The van der Waals surface area contributed by atoms with Gasteiger partial charge in [-0.1, -0.05) is 19.9 Å². The third-order valence-corrected chi connectivity index (χ3v) is 1.80. The van der Waals surface area contributed by atoms with Crippen LogP contribution in [0.1, 0.15) is 38.2 Å². The second kappa shape index (κ2) is 4.19. The highest BCUT2D eigenvalue weighted by Gasteiger charge is 2.23.